The van der Waals surface area contributed by atoms with E-state index in [1.165, 1.54) is 0 Å². The number of hydrogen-bond donors (Lipinski definition) is 2. The van der Waals surface area contributed by atoms with E-state index in [4.69, 9.17) is 9.52 Å². The van der Waals surface area contributed by atoms with Crippen molar-refractivity contribution in [3.8, 4) is 0 Å². The van der Waals surface area contributed by atoms with Gasteiger partial charge in [0, 0.05) is 7.05 Å². The van der Waals surface area contributed by atoms with Crippen LogP contribution in [0.2, 0.25) is 0 Å². The van der Waals surface area contributed by atoms with Gasteiger partial charge in [-0.05, 0) is 12.8 Å². The second-order valence-corrected chi connectivity index (χ2v) is 4.61. The Morgan fingerprint density at radius 3 is 2.76 bits per heavy atom. The van der Waals surface area contributed by atoms with Crippen LogP contribution < -0.4 is 4.90 Å². The molecule has 1 aliphatic carbocycles. The molecule has 0 aliphatic heterocycles. The van der Waals surface area contributed by atoms with Gasteiger partial charge in [0.05, 0.1) is 12.1 Å². The molecule has 0 aromatic carbocycles. The van der Waals surface area contributed by atoms with Crippen molar-refractivity contribution in [3.63, 3.8) is 0 Å². The highest BCUT2D eigenvalue weighted by atomic mass is 16.4. The fraction of sp³-hybridized carbons (Fsp3) is 0.636. The second-order valence-electron chi connectivity index (χ2n) is 4.61. The lowest BCUT2D eigenvalue weighted by Gasteiger charge is -2.27. The monoisotopic (exact) mass is 240 g/mol. The molecule has 0 unspecified atom stereocenters. The molecule has 17 heavy (non-hydrogen) atoms. The van der Waals surface area contributed by atoms with Gasteiger partial charge in [0.1, 0.15) is 6.26 Å². The molecule has 0 radical (unpaired) electrons. The van der Waals surface area contributed by atoms with E-state index >= 15 is 0 Å². The van der Waals surface area contributed by atoms with E-state index < -0.39 is 11.6 Å². The van der Waals surface area contributed by atoms with E-state index in [2.05, 4.69) is 4.98 Å². The van der Waals surface area contributed by atoms with Crippen LogP contribution in [0.25, 0.3) is 0 Å². The molecule has 2 rings (SSSR count). The van der Waals surface area contributed by atoms with Crippen molar-refractivity contribution >= 4 is 12.0 Å². The molecule has 94 valence electrons. The predicted molar refractivity (Wildman–Crippen MR) is 60.2 cm³/mol. The Kier molecular flexibility index (Phi) is 3.06. The standard InChI is InChI=1S/C11H16N2O4/c1-13(7-11(16)4-2-3-5-11)10-12-8(6-17-10)9(14)15/h6,16H,2-5,7H2,1H3,(H,14,15). The smallest absolute Gasteiger partial charge is 0.357 e. The van der Waals surface area contributed by atoms with Crippen LogP contribution in [0.1, 0.15) is 36.2 Å². The van der Waals surface area contributed by atoms with Crippen molar-refractivity contribution in [1.29, 1.82) is 0 Å². The van der Waals surface area contributed by atoms with Crippen molar-refractivity contribution in [2.75, 3.05) is 18.5 Å². The summed E-state index contributed by atoms with van der Waals surface area (Å²) in [7, 11) is 1.73. The van der Waals surface area contributed by atoms with E-state index in [1.54, 1.807) is 11.9 Å². The van der Waals surface area contributed by atoms with Gasteiger partial charge in [0.2, 0.25) is 0 Å². The zero-order valence-electron chi connectivity index (χ0n) is 9.72. The van der Waals surface area contributed by atoms with Gasteiger partial charge < -0.3 is 19.5 Å². The lowest BCUT2D eigenvalue weighted by atomic mass is 10.0. The van der Waals surface area contributed by atoms with Gasteiger partial charge in [-0.25, -0.2) is 4.79 Å². The maximum Gasteiger partial charge on any atom is 0.357 e. The van der Waals surface area contributed by atoms with E-state index in [-0.39, 0.29) is 11.7 Å². The van der Waals surface area contributed by atoms with Gasteiger partial charge in [-0.3, -0.25) is 0 Å². The molecular formula is C11H16N2O4. The number of rotatable bonds is 4. The third-order valence-electron chi connectivity index (χ3n) is 3.10. The molecule has 1 aromatic rings. The molecule has 0 bridgehead atoms. The van der Waals surface area contributed by atoms with Crippen molar-refractivity contribution < 1.29 is 19.4 Å². The summed E-state index contributed by atoms with van der Waals surface area (Å²) in [6, 6.07) is 0.225. The van der Waals surface area contributed by atoms with Crippen molar-refractivity contribution in [1.82, 2.24) is 4.98 Å². The summed E-state index contributed by atoms with van der Waals surface area (Å²) in [6.45, 7) is 0.409. The highest BCUT2D eigenvalue weighted by molar-refractivity contribution is 5.85. The molecular weight excluding hydrogens is 224 g/mol. The molecule has 0 spiro atoms. The molecule has 0 atom stereocenters. The number of carboxylic acid groups (broad SMARTS) is 1. The molecule has 2 N–H and O–H groups in total. The third kappa shape index (κ3) is 2.58. The topological polar surface area (TPSA) is 86.8 Å². The number of likely N-dealkylation sites (N-methyl/N-ethyl adjacent to an activating group) is 1. The number of carbonyl (C=O) groups is 1. The quantitative estimate of drug-likeness (QED) is 0.820. The molecule has 1 heterocycles. The summed E-state index contributed by atoms with van der Waals surface area (Å²) < 4.78 is 5.07. The Balaban J connectivity index is 2.03. The van der Waals surface area contributed by atoms with E-state index in [9.17, 15) is 9.90 Å². The first kappa shape index (κ1) is 11.9. The number of anilines is 1. The maximum absolute atomic E-state index is 10.7. The Labute approximate surface area is 98.9 Å². The minimum atomic E-state index is -1.12. The summed E-state index contributed by atoms with van der Waals surface area (Å²) in [5.41, 5.74) is -0.822. The predicted octanol–water partition coefficient (Wildman–Crippen LogP) is 1.11. The summed E-state index contributed by atoms with van der Waals surface area (Å²) in [5, 5.41) is 18.9. The normalized spacial score (nSPS) is 18.2. The molecule has 6 heteroatoms. The summed E-state index contributed by atoms with van der Waals surface area (Å²) in [6.07, 6.45) is 4.69. The first-order chi connectivity index (χ1) is 8.00. The van der Waals surface area contributed by atoms with Gasteiger partial charge in [0.15, 0.2) is 5.69 Å². The summed E-state index contributed by atoms with van der Waals surface area (Å²) in [5.74, 6) is -1.12. The van der Waals surface area contributed by atoms with Crippen LogP contribution in [0, 0.1) is 0 Å². The van der Waals surface area contributed by atoms with Crippen LogP contribution >= 0.6 is 0 Å². The number of aromatic carboxylic acids is 1. The fourth-order valence-electron chi connectivity index (χ4n) is 2.24. The highest BCUT2D eigenvalue weighted by Crippen LogP contribution is 2.30. The van der Waals surface area contributed by atoms with Crippen molar-refractivity contribution in [2.24, 2.45) is 0 Å². The number of carboxylic acids is 1. The first-order valence-corrected chi connectivity index (χ1v) is 5.62. The number of aromatic nitrogens is 1. The molecule has 1 aliphatic rings. The Morgan fingerprint density at radius 1 is 1.59 bits per heavy atom. The first-order valence-electron chi connectivity index (χ1n) is 5.62. The number of oxazole rings is 1. The van der Waals surface area contributed by atoms with Gasteiger partial charge in [-0.2, -0.15) is 4.98 Å². The number of hydrogen-bond acceptors (Lipinski definition) is 5. The Morgan fingerprint density at radius 2 is 2.24 bits per heavy atom. The van der Waals surface area contributed by atoms with E-state index in [0.717, 1.165) is 31.9 Å². The molecule has 1 fully saturated rings. The van der Waals surface area contributed by atoms with Gasteiger partial charge in [0.25, 0.3) is 6.01 Å². The van der Waals surface area contributed by atoms with Crippen LogP contribution in [0.4, 0.5) is 6.01 Å². The van der Waals surface area contributed by atoms with Crippen LogP contribution in [-0.4, -0.2) is 40.4 Å². The van der Waals surface area contributed by atoms with Gasteiger partial charge in [-0.15, -0.1) is 0 Å². The largest absolute Gasteiger partial charge is 0.476 e. The Bertz CT molecular complexity index is 409. The van der Waals surface area contributed by atoms with E-state index in [1.807, 2.05) is 0 Å². The van der Waals surface area contributed by atoms with Crippen molar-refractivity contribution in [2.45, 2.75) is 31.3 Å². The summed E-state index contributed by atoms with van der Waals surface area (Å²) >= 11 is 0. The van der Waals surface area contributed by atoms with Crippen LogP contribution in [-0.2, 0) is 0 Å². The minimum absolute atomic E-state index is 0.120. The number of nitrogens with zero attached hydrogens (tertiary/aromatic N) is 2. The maximum atomic E-state index is 10.7. The van der Waals surface area contributed by atoms with Crippen molar-refractivity contribution in [3.05, 3.63) is 12.0 Å². The SMILES string of the molecule is CN(CC1(O)CCCC1)c1nc(C(=O)O)co1. The average molecular weight is 240 g/mol. The minimum Gasteiger partial charge on any atom is -0.476 e. The van der Waals surface area contributed by atoms with Gasteiger partial charge in [-0.1, -0.05) is 12.8 Å². The fourth-order valence-corrected chi connectivity index (χ4v) is 2.24. The van der Waals surface area contributed by atoms with Crippen LogP contribution in [0.15, 0.2) is 10.7 Å². The summed E-state index contributed by atoms with van der Waals surface area (Å²) in [4.78, 5) is 16.1. The van der Waals surface area contributed by atoms with Gasteiger partial charge >= 0.3 is 5.97 Å². The average Bonchev–Trinajstić information content (AvgIpc) is 2.86. The molecule has 0 amide bonds. The molecule has 1 saturated carbocycles. The lowest BCUT2D eigenvalue weighted by molar-refractivity contribution is 0.0550. The zero-order valence-corrected chi connectivity index (χ0v) is 9.72. The van der Waals surface area contributed by atoms with Crippen LogP contribution in [0.3, 0.4) is 0 Å². The Hall–Kier alpha value is -1.56. The molecule has 6 nitrogen and oxygen atoms in total. The van der Waals surface area contributed by atoms with Crippen LogP contribution in [0.5, 0.6) is 0 Å². The third-order valence-corrected chi connectivity index (χ3v) is 3.10. The highest BCUT2D eigenvalue weighted by Gasteiger charge is 2.33. The number of aliphatic hydroxyl groups is 1. The van der Waals surface area contributed by atoms with E-state index in [0.29, 0.717) is 6.54 Å². The zero-order chi connectivity index (χ0) is 12.5. The molecule has 0 saturated heterocycles. The lowest BCUT2D eigenvalue weighted by Crippen LogP contribution is -2.39. The second kappa shape index (κ2) is 4.37. The molecule has 1 aromatic heterocycles.